The summed E-state index contributed by atoms with van der Waals surface area (Å²) >= 11 is 0. The van der Waals surface area contributed by atoms with E-state index in [1.807, 2.05) is 13.0 Å². The molecule has 5 nitrogen and oxygen atoms in total. The Hall–Kier alpha value is -1.14. The van der Waals surface area contributed by atoms with Crippen molar-refractivity contribution in [1.82, 2.24) is 0 Å². The van der Waals surface area contributed by atoms with Crippen LogP contribution >= 0.6 is 0 Å². The summed E-state index contributed by atoms with van der Waals surface area (Å²) in [5.41, 5.74) is 0.454. The SMILES string of the molecule is CCOc1ccccc1C(O)(CO)OC1CCOCC1. The minimum absolute atomic E-state index is 0.129. The summed E-state index contributed by atoms with van der Waals surface area (Å²) in [6.45, 7) is 3.05. The Balaban J connectivity index is 2.20. The highest BCUT2D eigenvalue weighted by Gasteiger charge is 2.36. The van der Waals surface area contributed by atoms with Gasteiger partial charge in [-0.1, -0.05) is 12.1 Å². The molecule has 0 bridgehead atoms. The second-order valence-electron chi connectivity index (χ2n) is 4.80. The quantitative estimate of drug-likeness (QED) is 0.772. The minimum Gasteiger partial charge on any atom is -0.493 e. The van der Waals surface area contributed by atoms with Crippen LogP contribution in [0, 0.1) is 0 Å². The number of para-hydroxylation sites is 1. The number of hydrogen-bond donors (Lipinski definition) is 2. The highest BCUT2D eigenvalue weighted by atomic mass is 16.6. The Morgan fingerprint density at radius 1 is 1.30 bits per heavy atom. The molecule has 2 N–H and O–H groups in total. The second-order valence-corrected chi connectivity index (χ2v) is 4.80. The van der Waals surface area contributed by atoms with Gasteiger partial charge in [0.25, 0.3) is 0 Å². The van der Waals surface area contributed by atoms with Crippen LogP contribution in [0.5, 0.6) is 5.75 Å². The first-order chi connectivity index (χ1) is 9.69. The molecule has 1 heterocycles. The third kappa shape index (κ3) is 3.49. The van der Waals surface area contributed by atoms with Crippen LogP contribution in [0.3, 0.4) is 0 Å². The van der Waals surface area contributed by atoms with E-state index in [9.17, 15) is 10.2 Å². The maximum Gasteiger partial charge on any atom is 0.220 e. The van der Waals surface area contributed by atoms with Crippen LogP contribution in [0.15, 0.2) is 24.3 Å². The zero-order valence-electron chi connectivity index (χ0n) is 11.7. The molecule has 1 atom stereocenters. The van der Waals surface area contributed by atoms with Gasteiger partial charge in [0.15, 0.2) is 0 Å². The average Bonchev–Trinajstić information content (AvgIpc) is 2.49. The summed E-state index contributed by atoms with van der Waals surface area (Å²) in [5, 5.41) is 20.3. The maximum absolute atomic E-state index is 10.7. The largest absolute Gasteiger partial charge is 0.493 e. The molecule has 1 aliphatic heterocycles. The fourth-order valence-electron chi connectivity index (χ4n) is 2.33. The fraction of sp³-hybridized carbons (Fsp3) is 0.600. The van der Waals surface area contributed by atoms with E-state index in [1.54, 1.807) is 18.2 Å². The molecule has 0 aliphatic carbocycles. The van der Waals surface area contributed by atoms with E-state index < -0.39 is 12.4 Å². The van der Waals surface area contributed by atoms with E-state index >= 15 is 0 Å². The van der Waals surface area contributed by atoms with Gasteiger partial charge < -0.3 is 24.4 Å². The topological polar surface area (TPSA) is 68.2 Å². The zero-order chi connectivity index (χ0) is 14.4. The van der Waals surface area contributed by atoms with Crippen LogP contribution in [0.2, 0.25) is 0 Å². The smallest absolute Gasteiger partial charge is 0.220 e. The van der Waals surface area contributed by atoms with Crippen LogP contribution in [0.4, 0.5) is 0 Å². The molecular weight excluding hydrogens is 260 g/mol. The minimum atomic E-state index is -1.74. The lowest BCUT2D eigenvalue weighted by Gasteiger charge is -2.34. The van der Waals surface area contributed by atoms with Crippen molar-refractivity contribution in [3.8, 4) is 5.75 Å². The Morgan fingerprint density at radius 3 is 2.65 bits per heavy atom. The van der Waals surface area contributed by atoms with Gasteiger partial charge in [0.05, 0.1) is 18.3 Å². The molecule has 1 fully saturated rings. The lowest BCUT2D eigenvalue weighted by molar-refractivity contribution is -0.266. The van der Waals surface area contributed by atoms with E-state index in [1.165, 1.54) is 0 Å². The number of ether oxygens (including phenoxy) is 3. The van der Waals surface area contributed by atoms with Crippen LogP contribution < -0.4 is 4.74 Å². The monoisotopic (exact) mass is 282 g/mol. The van der Waals surface area contributed by atoms with Gasteiger partial charge in [-0.3, -0.25) is 0 Å². The standard InChI is InChI=1S/C15H22O5/c1-2-19-14-6-4-3-5-13(14)15(17,11-16)20-12-7-9-18-10-8-12/h3-6,12,16-17H,2,7-11H2,1H3. The van der Waals surface area contributed by atoms with Gasteiger partial charge in [-0.05, 0) is 31.9 Å². The molecule has 0 saturated carbocycles. The first-order valence-electron chi connectivity index (χ1n) is 7.00. The molecule has 0 amide bonds. The zero-order valence-corrected chi connectivity index (χ0v) is 11.7. The van der Waals surface area contributed by atoms with Crippen molar-refractivity contribution in [3.05, 3.63) is 29.8 Å². The van der Waals surface area contributed by atoms with Gasteiger partial charge in [0.1, 0.15) is 12.4 Å². The highest BCUT2D eigenvalue weighted by molar-refractivity contribution is 5.36. The molecule has 1 saturated heterocycles. The van der Waals surface area contributed by atoms with Crippen molar-refractivity contribution in [2.45, 2.75) is 31.7 Å². The number of hydrogen-bond acceptors (Lipinski definition) is 5. The van der Waals surface area contributed by atoms with Gasteiger partial charge in [0, 0.05) is 13.2 Å². The van der Waals surface area contributed by atoms with E-state index in [0.29, 0.717) is 44.0 Å². The third-order valence-electron chi connectivity index (χ3n) is 3.35. The van der Waals surface area contributed by atoms with E-state index in [-0.39, 0.29) is 6.10 Å². The molecule has 0 aromatic heterocycles. The summed E-state index contributed by atoms with van der Waals surface area (Å²) in [5.74, 6) is -1.22. The van der Waals surface area contributed by atoms with Gasteiger partial charge in [-0.2, -0.15) is 0 Å². The normalized spacial score (nSPS) is 19.6. The first-order valence-corrected chi connectivity index (χ1v) is 7.00. The molecule has 1 aromatic rings. The van der Waals surface area contributed by atoms with Crippen molar-refractivity contribution in [2.75, 3.05) is 26.4 Å². The van der Waals surface area contributed by atoms with Crippen molar-refractivity contribution < 1.29 is 24.4 Å². The summed E-state index contributed by atoms with van der Waals surface area (Å²) in [6.07, 6.45) is 1.29. The van der Waals surface area contributed by atoms with Crippen LogP contribution in [-0.4, -0.2) is 42.7 Å². The van der Waals surface area contributed by atoms with E-state index in [2.05, 4.69) is 0 Å². The van der Waals surface area contributed by atoms with Gasteiger partial charge in [-0.25, -0.2) is 0 Å². The van der Waals surface area contributed by atoms with Gasteiger partial charge in [-0.15, -0.1) is 0 Å². The molecule has 0 radical (unpaired) electrons. The van der Waals surface area contributed by atoms with Crippen molar-refractivity contribution in [3.63, 3.8) is 0 Å². The lowest BCUT2D eigenvalue weighted by atomic mass is 10.0. The molecule has 1 aromatic carbocycles. The number of rotatable bonds is 6. The van der Waals surface area contributed by atoms with Crippen LogP contribution in [-0.2, 0) is 15.3 Å². The van der Waals surface area contributed by atoms with Crippen LogP contribution in [0.1, 0.15) is 25.3 Å². The van der Waals surface area contributed by atoms with Gasteiger partial charge in [0.2, 0.25) is 5.79 Å². The summed E-state index contributed by atoms with van der Waals surface area (Å²) < 4.78 is 16.5. The number of benzene rings is 1. The molecule has 20 heavy (non-hydrogen) atoms. The molecule has 5 heteroatoms. The number of aliphatic hydroxyl groups excluding tert-OH is 1. The number of aliphatic hydroxyl groups is 2. The van der Waals surface area contributed by atoms with E-state index in [4.69, 9.17) is 14.2 Å². The van der Waals surface area contributed by atoms with Crippen molar-refractivity contribution in [1.29, 1.82) is 0 Å². The average molecular weight is 282 g/mol. The summed E-state index contributed by atoms with van der Waals surface area (Å²) in [7, 11) is 0. The second kappa shape index (κ2) is 7.04. The lowest BCUT2D eigenvalue weighted by Crippen LogP contribution is -2.40. The van der Waals surface area contributed by atoms with Crippen LogP contribution in [0.25, 0.3) is 0 Å². The molecular formula is C15H22O5. The molecule has 1 aliphatic rings. The molecule has 2 rings (SSSR count). The first kappa shape index (κ1) is 15.3. The summed E-state index contributed by atoms with van der Waals surface area (Å²) in [4.78, 5) is 0. The Bertz CT molecular complexity index is 416. The Labute approximate surface area is 119 Å². The van der Waals surface area contributed by atoms with Crippen molar-refractivity contribution >= 4 is 0 Å². The predicted molar refractivity (Wildman–Crippen MR) is 73.5 cm³/mol. The molecule has 112 valence electrons. The van der Waals surface area contributed by atoms with Crippen molar-refractivity contribution in [2.24, 2.45) is 0 Å². The predicted octanol–water partition coefficient (Wildman–Crippen LogP) is 1.42. The van der Waals surface area contributed by atoms with Gasteiger partial charge >= 0.3 is 0 Å². The Kier molecular flexibility index (Phi) is 5.37. The molecule has 1 unspecified atom stereocenters. The highest BCUT2D eigenvalue weighted by Crippen LogP contribution is 2.33. The summed E-state index contributed by atoms with van der Waals surface area (Å²) in [6, 6.07) is 7.07. The third-order valence-corrected chi connectivity index (χ3v) is 3.35. The maximum atomic E-state index is 10.7. The van der Waals surface area contributed by atoms with E-state index in [0.717, 1.165) is 0 Å². The fourth-order valence-corrected chi connectivity index (χ4v) is 2.33. The Morgan fingerprint density at radius 2 is 2.00 bits per heavy atom. The molecule has 0 spiro atoms.